The highest BCUT2D eigenvalue weighted by Gasteiger charge is 2.19. The van der Waals surface area contributed by atoms with Crippen molar-refractivity contribution in [3.05, 3.63) is 64.6 Å². The highest BCUT2D eigenvalue weighted by atomic mass is 32.2. The summed E-state index contributed by atoms with van der Waals surface area (Å²) < 4.78 is 2.29. The van der Waals surface area contributed by atoms with Crippen molar-refractivity contribution in [2.24, 2.45) is 0 Å². The number of fused-ring (bicyclic) bond motifs is 3. The smallest absolute Gasteiger partial charge is 0.272 e. The van der Waals surface area contributed by atoms with E-state index in [1.54, 1.807) is 10.8 Å². The second-order valence-electron chi connectivity index (χ2n) is 8.10. The molecule has 1 saturated carbocycles. The topological polar surface area (TPSA) is 76.9 Å². The largest absolute Gasteiger partial charge is 0.353 e. The Balaban J connectivity index is 1.48. The highest BCUT2D eigenvalue weighted by molar-refractivity contribution is 7.99. The van der Waals surface area contributed by atoms with Crippen molar-refractivity contribution in [3.63, 3.8) is 0 Å². The molecule has 1 aliphatic rings. The summed E-state index contributed by atoms with van der Waals surface area (Å²) in [5.41, 5.74) is 1.60. The first-order valence-corrected chi connectivity index (χ1v) is 12.7. The first kappa shape index (κ1) is 21.2. The van der Waals surface area contributed by atoms with Gasteiger partial charge in [0.25, 0.3) is 5.56 Å². The maximum Gasteiger partial charge on any atom is 0.272 e. The lowest BCUT2D eigenvalue weighted by molar-refractivity contribution is -0.119. The van der Waals surface area contributed by atoms with Crippen molar-refractivity contribution < 1.29 is 4.79 Å². The van der Waals surface area contributed by atoms with Crippen molar-refractivity contribution in [1.29, 1.82) is 0 Å². The summed E-state index contributed by atoms with van der Waals surface area (Å²) in [5.74, 6) is 0.239. The van der Waals surface area contributed by atoms with Gasteiger partial charge >= 0.3 is 0 Å². The number of rotatable bonds is 6. The van der Waals surface area contributed by atoms with Gasteiger partial charge in [-0.15, -0.1) is 11.3 Å². The van der Waals surface area contributed by atoms with E-state index in [0.29, 0.717) is 21.9 Å². The van der Waals surface area contributed by atoms with Gasteiger partial charge in [0.05, 0.1) is 17.8 Å². The molecule has 0 aliphatic heterocycles. The predicted octanol–water partition coefficient (Wildman–Crippen LogP) is 4.60. The molecule has 3 aromatic heterocycles. The molecule has 0 atom stereocenters. The molecule has 0 bridgehead atoms. The number of thioether (sulfide) groups is 1. The monoisotopic (exact) mass is 464 g/mol. The SMILES string of the molecule is O=C(CSc1nc2c(sc3ncccc32)c(=O)n1Cc1ccccc1)NC1CCCCC1. The molecule has 0 saturated heterocycles. The van der Waals surface area contributed by atoms with Crippen LogP contribution in [-0.2, 0) is 11.3 Å². The quantitative estimate of drug-likeness (QED) is 0.333. The number of nitrogens with zero attached hydrogens (tertiary/aromatic N) is 3. The van der Waals surface area contributed by atoms with E-state index in [1.165, 1.54) is 42.4 Å². The third-order valence-corrected chi connectivity index (χ3v) is 7.87. The number of carbonyl (C=O) groups is 1. The van der Waals surface area contributed by atoms with Gasteiger partial charge in [-0.1, -0.05) is 61.4 Å². The summed E-state index contributed by atoms with van der Waals surface area (Å²) in [5, 5.41) is 4.60. The summed E-state index contributed by atoms with van der Waals surface area (Å²) in [4.78, 5) is 36.1. The van der Waals surface area contributed by atoms with Gasteiger partial charge in [-0.25, -0.2) is 9.97 Å². The average molecular weight is 465 g/mol. The number of pyridine rings is 1. The van der Waals surface area contributed by atoms with E-state index < -0.39 is 0 Å². The molecule has 32 heavy (non-hydrogen) atoms. The van der Waals surface area contributed by atoms with Gasteiger partial charge in [0.2, 0.25) is 5.91 Å². The summed E-state index contributed by atoms with van der Waals surface area (Å²) in [7, 11) is 0. The Morgan fingerprint density at radius 2 is 1.94 bits per heavy atom. The molecule has 1 aliphatic carbocycles. The number of aromatic nitrogens is 3. The Labute approximate surface area is 194 Å². The molecule has 3 heterocycles. The third-order valence-electron chi connectivity index (χ3n) is 5.80. The zero-order chi connectivity index (χ0) is 21.9. The molecule has 164 valence electrons. The van der Waals surface area contributed by atoms with E-state index in [0.717, 1.165) is 28.6 Å². The molecule has 8 heteroatoms. The van der Waals surface area contributed by atoms with Crippen LogP contribution in [-0.4, -0.2) is 32.2 Å². The molecule has 1 N–H and O–H groups in total. The Bertz CT molecular complexity index is 1310. The number of hydrogen-bond acceptors (Lipinski definition) is 6. The van der Waals surface area contributed by atoms with Crippen molar-refractivity contribution in [2.45, 2.75) is 49.8 Å². The zero-order valence-electron chi connectivity index (χ0n) is 17.6. The van der Waals surface area contributed by atoms with Gasteiger partial charge in [-0.3, -0.25) is 14.2 Å². The number of carbonyl (C=O) groups excluding carboxylic acids is 1. The van der Waals surface area contributed by atoms with Gasteiger partial charge in [0.15, 0.2) is 5.16 Å². The van der Waals surface area contributed by atoms with Gasteiger partial charge in [0, 0.05) is 17.6 Å². The van der Waals surface area contributed by atoms with Crippen LogP contribution in [0.1, 0.15) is 37.7 Å². The Morgan fingerprint density at radius 3 is 2.75 bits per heavy atom. The van der Waals surface area contributed by atoms with Crippen LogP contribution in [0.2, 0.25) is 0 Å². The minimum Gasteiger partial charge on any atom is -0.353 e. The normalized spacial score (nSPS) is 14.8. The first-order valence-electron chi connectivity index (χ1n) is 10.9. The molecule has 1 fully saturated rings. The van der Waals surface area contributed by atoms with Crippen LogP contribution in [0.5, 0.6) is 0 Å². The van der Waals surface area contributed by atoms with E-state index in [-0.39, 0.29) is 23.3 Å². The maximum atomic E-state index is 13.5. The first-order chi connectivity index (χ1) is 15.7. The van der Waals surface area contributed by atoms with E-state index >= 15 is 0 Å². The summed E-state index contributed by atoms with van der Waals surface area (Å²) >= 11 is 2.70. The Morgan fingerprint density at radius 1 is 1.12 bits per heavy atom. The number of hydrogen-bond donors (Lipinski definition) is 1. The average Bonchev–Trinajstić information content (AvgIpc) is 3.20. The fourth-order valence-electron chi connectivity index (χ4n) is 4.20. The number of benzene rings is 1. The molecule has 6 nitrogen and oxygen atoms in total. The van der Waals surface area contributed by atoms with Gasteiger partial charge < -0.3 is 5.32 Å². The fourth-order valence-corrected chi connectivity index (χ4v) is 6.04. The van der Waals surface area contributed by atoms with Crippen molar-refractivity contribution in [3.8, 4) is 0 Å². The molecule has 0 unspecified atom stereocenters. The predicted molar refractivity (Wildman–Crippen MR) is 130 cm³/mol. The number of amides is 1. The van der Waals surface area contributed by atoms with Crippen LogP contribution in [0.4, 0.5) is 0 Å². The molecule has 0 spiro atoms. The molecule has 1 amide bonds. The standard InChI is InChI=1S/C24H24N4O2S2/c29-19(26-17-10-5-2-6-11-17)15-31-24-27-20-18-12-7-13-25-22(18)32-21(20)23(30)28(24)14-16-8-3-1-4-9-16/h1,3-4,7-9,12-13,17H,2,5-6,10-11,14-15H2,(H,26,29). The van der Waals surface area contributed by atoms with Crippen molar-refractivity contribution in [2.75, 3.05) is 5.75 Å². The Hall–Kier alpha value is -2.71. The van der Waals surface area contributed by atoms with E-state index in [4.69, 9.17) is 4.98 Å². The van der Waals surface area contributed by atoms with E-state index in [9.17, 15) is 9.59 Å². The molecule has 5 rings (SSSR count). The molecular weight excluding hydrogens is 440 g/mol. The van der Waals surface area contributed by atoms with Crippen molar-refractivity contribution in [1.82, 2.24) is 19.9 Å². The number of nitrogens with one attached hydrogen (secondary N) is 1. The van der Waals surface area contributed by atoms with Crippen LogP contribution in [0.15, 0.2) is 58.6 Å². The molecule has 0 radical (unpaired) electrons. The fraction of sp³-hybridized carbons (Fsp3) is 0.333. The molecule has 4 aromatic rings. The van der Waals surface area contributed by atoms with Crippen LogP contribution >= 0.6 is 23.1 Å². The highest BCUT2D eigenvalue weighted by Crippen LogP contribution is 2.30. The second kappa shape index (κ2) is 9.42. The van der Waals surface area contributed by atoms with Crippen LogP contribution < -0.4 is 10.9 Å². The second-order valence-corrected chi connectivity index (χ2v) is 10.0. The van der Waals surface area contributed by atoms with Gasteiger partial charge in [0.1, 0.15) is 9.53 Å². The summed E-state index contributed by atoms with van der Waals surface area (Å²) in [6, 6.07) is 13.9. The van der Waals surface area contributed by atoms with Crippen LogP contribution in [0, 0.1) is 0 Å². The van der Waals surface area contributed by atoms with Crippen LogP contribution in [0.3, 0.4) is 0 Å². The number of thiophene rings is 1. The van der Waals surface area contributed by atoms with E-state index in [2.05, 4.69) is 10.3 Å². The minimum absolute atomic E-state index is 0.000602. The lowest BCUT2D eigenvalue weighted by Crippen LogP contribution is -2.37. The lowest BCUT2D eigenvalue weighted by Gasteiger charge is -2.22. The maximum absolute atomic E-state index is 13.5. The van der Waals surface area contributed by atoms with Crippen molar-refractivity contribution >= 4 is 49.4 Å². The molecular formula is C24H24N4O2S2. The van der Waals surface area contributed by atoms with Gasteiger partial charge in [-0.05, 0) is 30.5 Å². The third kappa shape index (κ3) is 4.42. The van der Waals surface area contributed by atoms with E-state index in [1.807, 2.05) is 42.5 Å². The van der Waals surface area contributed by atoms with Crippen LogP contribution in [0.25, 0.3) is 20.4 Å². The lowest BCUT2D eigenvalue weighted by atomic mass is 9.95. The zero-order valence-corrected chi connectivity index (χ0v) is 19.3. The molecule has 1 aromatic carbocycles. The summed E-state index contributed by atoms with van der Waals surface area (Å²) in [6.07, 6.45) is 7.42. The Kier molecular flexibility index (Phi) is 6.23. The summed E-state index contributed by atoms with van der Waals surface area (Å²) in [6.45, 7) is 0.414. The van der Waals surface area contributed by atoms with Gasteiger partial charge in [-0.2, -0.15) is 0 Å². The minimum atomic E-state index is -0.0861.